The summed E-state index contributed by atoms with van der Waals surface area (Å²) in [4.78, 5) is 11.2. The molecule has 0 radical (unpaired) electrons. The number of benzene rings is 2. The molecule has 0 unspecified atom stereocenters. The molecule has 20 heavy (non-hydrogen) atoms. The molecule has 2 rings (SSSR count). The van der Waals surface area contributed by atoms with Crippen molar-refractivity contribution in [2.45, 2.75) is 0 Å². The minimum Gasteiger partial charge on any atom is -0.478 e. The number of carbonyl (C=O) groups is 1. The summed E-state index contributed by atoms with van der Waals surface area (Å²) in [7, 11) is 0. The number of hydrogen-bond acceptors (Lipinski definition) is 3. The molecule has 0 fully saturated rings. The second kappa shape index (κ2) is 5.56. The summed E-state index contributed by atoms with van der Waals surface area (Å²) >= 11 is 11.9. The van der Waals surface area contributed by atoms with Gasteiger partial charge in [0.25, 0.3) is 0 Å². The van der Waals surface area contributed by atoms with Crippen molar-refractivity contribution in [3.8, 4) is 0 Å². The van der Waals surface area contributed by atoms with E-state index in [9.17, 15) is 9.18 Å². The van der Waals surface area contributed by atoms with Crippen LogP contribution in [0.5, 0.6) is 0 Å². The highest BCUT2D eigenvalue weighted by atomic mass is 35.5. The topological polar surface area (TPSA) is 75.3 Å². The third-order valence-corrected chi connectivity index (χ3v) is 3.16. The summed E-state index contributed by atoms with van der Waals surface area (Å²) in [6, 6.07) is 6.33. The monoisotopic (exact) mass is 314 g/mol. The summed E-state index contributed by atoms with van der Waals surface area (Å²) < 4.78 is 13.2. The van der Waals surface area contributed by atoms with Gasteiger partial charge >= 0.3 is 5.97 Å². The Kier molecular flexibility index (Phi) is 4.01. The van der Waals surface area contributed by atoms with Crippen molar-refractivity contribution in [1.29, 1.82) is 0 Å². The average molecular weight is 315 g/mol. The fourth-order valence-electron chi connectivity index (χ4n) is 1.65. The molecule has 0 spiro atoms. The van der Waals surface area contributed by atoms with Crippen molar-refractivity contribution in [3.05, 3.63) is 51.8 Å². The minimum absolute atomic E-state index is 0.0980. The van der Waals surface area contributed by atoms with E-state index < -0.39 is 11.8 Å². The van der Waals surface area contributed by atoms with E-state index in [1.165, 1.54) is 24.3 Å². The number of halogens is 3. The summed E-state index contributed by atoms with van der Waals surface area (Å²) in [5.74, 6) is -1.73. The van der Waals surface area contributed by atoms with Gasteiger partial charge in [0.05, 0.1) is 27.0 Å². The van der Waals surface area contributed by atoms with E-state index in [1.807, 2.05) is 0 Å². The molecule has 0 aliphatic heterocycles. The molecule has 2 aromatic rings. The Hall–Kier alpha value is -1.98. The molecule has 4 nitrogen and oxygen atoms in total. The number of hydrogen-bond donors (Lipinski definition) is 3. The summed E-state index contributed by atoms with van der Waals surface area (Å²) in [5, 5.41) is 12.2. The minimum atomic E-state index is -1.21. The zero-order valence-corrected chi connectivity index (χ0v) is 11.5. The highest BCUT2D eigenvalue weighted by molar-refractivity contribution is 6.35. The van der Waals surface area contributed by atoms with E-state index >= 15 is 0 Å². The van der Waals surface area contributed by atoms with Gasteiger partial charge in [-0.2, -0.15) is 0 Å². The Morgan fingerprint density at radius 1 is 1.20 bits per heavy atom. The van der Waals surface area contributed by atoms with E-state index in [2.05, 4.69) is 5.32 Å². The second-order valence-corrected chi connectivity index (χ2v) is 4.79. The number of nitrogens with one attached hydrogen (secondary N) is 1. The molecule has 2 aromatic carbocycles. The van der Waals surface area contributed by atoms with Gasteiger partial charge in [0.15, 0.2) is 0 Å². The van der Waals surface area contributed by atoms with Gasteiger partial charge in [-0.3, -0.25) is 0 Å². The third-order valence-electron chi connectivity index (χ3n) is 2.53. The smallest absolute Gasteiger partial charge is 0.337 e. The number of anilines is 3. The van der Waals surface area contributed by atoms with Crippen LogP contribution in [-0.4, -0.2) is 11.1 Å². The molecule has 0 aromatic heterocycles. The van der Waals surface area contributed by atoms with Gasteiger partial charge in [0, 0.05) is 5.69 Å². The van der Waals surface area contributed by atoms with Crippen LogP contribution in [0.3, 0.4) is 0 Å². The van der Waals surface area contributed by atoms with Gasteiger partial charge in [-0.1, -0.05) is 23.2 Å². The predicted octanol–water partition coefficient (Wildman–Crippen LogP) is 4.16. The van der Waals surface area contributed by atoms with Crippen LogP contribution in [-0.2, 0) is 0 Å². The first kappa shape index (κ1) is 14.4. The molecular weight excluding hydrogens is 306 g/mol. The Labute approximate surface area is 123 Å². The normalized spacial score (nSPS) is 10.3. The Morgan fingerprint density at radius 2 is 1.90 bits per heavy atom. The van der Waals surface area contributed by atoms with Crippen molar-refractivity contribution < 1.29 is 14.3 Å². The van der Waals surface area contributed by atoms with Gasteiger partial charge in [-0.15, -0.1) is 0 Å². The average Bonchev–Trinajstić information content (AvgIpc) is 2.36. The summed E-state index contributed by atoms with van der Waals surface area (Å²) in [6.45, 7) is 0. The SMILES string of the molecule is Nc1cc(Cl)c(Nc2cc(F)ccc2Cl)c(C(=O)O)c1. The van der Waals surface area contributed by atoms with Gasteiger partial charge in [0.2, 0.25) is 0 Å². The van der Waals surface area contributed by atoms with E-state index in [-0.39, 0.29) is 32.7 Å². The first-order chi connectivity index (χ1) is 9.38. The molecule has 4 N–H and O–H groups in total. The third kappa shape index (κ3) is 2.95. The van der Waals surface area contributed by atoms with Crippen molar-refractivity contribution in [3.63, 3.8) is 0 Å². The lowest BCUT2D eigenvalue weighted by atomic mass is 10.1. The number of carboxylic acids is 1. The molecule has 0 saturated carbocycles. The first-order valence-corrected chi connectivity index (χ1v) is 6.18. The molecule has 0 heterocycles. The molecule has 7 heteroatoms. The number of nitrogen functional groups attached to an aromatic ring is 1. The molecule has 0 amide bonds. The Balaban J connectivity index is 2.53. The van der Waals surface area contributed by atoms with Crippen LogP contribution in [0, 0.1) is 5.82 Å². The number of rotatable bonds is 3. The maximum absolute atomic E-state index is 13.2. The van der Waals surface area contributed by atoms with Crippen LogP contribution >= 0.6 is 23.2 Å². The Morgan fingerprint density at radius 3 is 2.55 bits per heavy atom. The van der Waals surface area contributed by atoms with Gasteiger partial charge < -0.3 is 16.2 Å². The van der Waals surface area contributed by atoms with Crippen LogP contribution < -0.4 is 11.1 Å². The van der Waals surface area contributed by atoms with Crippen LogP contribution in [0.2, 0.25) is 10.0 Å². The maximum Gasteiger partial charge on any atom is 0.337 e. The van der Waals surface area contributed by atoms with Crippen molar-refractivity contribution in [2.24, 2.45) is 0 Å². The molecule has 0 saturated heterocycles. The van der Waals surface area contributed by atoms with E-state index in [1.54, 1.807) is 0 Å². The van der Waals surface area contributed by atoms with Gasteiger partial charge in [-0.05, 0) is 30.3 Å². The second-order valence-electron chi connectivity index (χ2n) is 3.98. The Bertz CT molecular complexity index is 692. The molecule has 0 bridgehead atoms. The van der Waals surface area contributed by atoms with E-state index in [0.717, 1.165) is 6.07 Å². The van der Waals surface area contributed by atoms with Gasteiger partial charge in [-0.25, -0.2) is 9.18 Å². The quantitative estimate of drug-likeness (QED) is 0.744. The standard InChI is InChI=1S/C13H9Cl2FN2O2/c14-9-2-1-6(16)3-11(9)18-12-8(13(19)20)4-7(17)5-10(12)15/h1-5,18H,17H2,(H,19,20). The number of carboxylic acid groups (broad SMARTS) is 1. The highest BCUT2D eigenvalue weighted by Crippen LogP contribution is 2.34. The zero-order chi connectivity index (χ0) is 14.9. The van der Waals surface area contributed by atoms with Crippen LogP contribution in [0.25, 0.3) is 0 Å². The fourth-order valence-corrected chi connectivity index (χ4v) is 2.09. The lowest BCUT2D eigenvalue weighted by Crippen LogP contribution is -2.05. The van der Waals surface area contributed by atoms with Crippen molar-refractivity contribution in [2.75, 3.05) is 11.1 Å². The lowest BCUT2D eigenvalue weighted by molar-refractivity contribution is 0.0698. The maximum atomic E-state index is 13.2. The fraction of sp³-hybridized carbons (Fsp3) is 0. The van der Waals surface area contributed by atoms with Crippen LogP contribution in [0.1, 0.15) is 10.4 Å². The van der Waals surface area contributed by atoms with Gasteiger partial charge in [0.1, 0.15) is 5.82 Å². The highest BCUT2D eigenvalue weighted by Gasteiger charge is 2.16. The largest absolute Gasteiger partial charge is 0.478 e. The molecule has 0 aliphatic rings. The van der Waals surface area contributed by atoms with Crippen LogP contribution in [0.15, 0.2) is 30.3 Å². The zero-order valence-electron chi connectivity index (χ0n) is 9.95. The number of nitrogens with two attached hydrogens (primary N) is 1. The van der Waals surface area contributed by atoms with E-state index in [0.29, 0.717) is 0 Å². The predicted molar refractivity (Wildman–Crippen MR) is 77.5 cm³/mol. The van der Waals surface area contributed by atoms with Crippen molar-refractivity contribution >= 4 is 46.2 Å². The number of aromatic carboxylic acids is 1. The molecule has 0 atom stereocenters. The summed E-state index contributed by atoms with van der Waals surface area (Å²) in [5.41, 5.74) is 5.94. The lowest BCUT2D eigenvalue weighted by Gasteiger charge is -2.13. The molecular formula is C13H9Cl2FN2O2. The summed E-state index contributed by atoms with van der Waals surface area (Å²) in [6.07, 6.45) is 0. The molecule has 104 valence electrons. The van der Waals surface area contributed by atoms with E-state index in [4.69, 9.17) is 34.0 Å². The van der Waals surface area contributed by atoms with Crippen LogP contribution in [0.4, 0.5) is 21.5 Å². The van der Waals surface area contributed by atoms with Crippen molar-refractivity contribution in [1.82, 2.24) is 0 Å². The first-order valence-electron chi connectivity index (χ1n) is 5.43. The molecule has 0 aliphatic carbocycles.